The lowest BCUT2D eigenvalue weighted by Gasteiger charge is -2.39. The van der Waals surface area contributed by atoms with Crippen LogP contribution in [0.1, 0.15) is 48.0 Å². The van der Waals surface area contributed by atoms with Crippen LogP contribution >= 0.6 is 6.34 Å². The molecule has 4 rings (SSSR count). The Kier molecular flexibility index (Phi) is 11.1. The molecule has 0 heterocycles. The number of hydrazine groups is 2. The van der Waals surface area contributed by atoms with Crippen LogP contribution in [0.2, 0.25) is 0 Å². The van der Waals surface area contributed by atoms with E-state index in [4.69, 9.17) is 11.8 Å². The van der Waals surface area contributed by atoms with Crippen molar-refractivity contribution in [3.63, 3.8) is 0 Å². The van der Waals surface area contributed by atoms with Crippen molar-refractivity contribution >= 4 is 40.7 Å². The number of nitro groups is 1. The second-order valence-electron chi connectivity index (χ2n) is 10.4. The van der Waals surface area contributed by atoms with E-state index in [0.29, 0.717) is 36.7 Å². The fraction of sp³-hybridized carbons (Fsp3) is 0.345. The lowest BCUT2D eigenvalue weighted by molar-refractivity contribution is -0.384. The van der Waals surface area contributed by atoms with Crippen molar-refractivity contribution in [2.24, 2.45) is 0 Å². The minimum absolute atomic E-state index is 0.0437. The van der Waals surface area contributed by atoms with E-state index in [0.717, 1.165) is 19.3 Å². The molecule has 9 nitrogen and oxygen atoms in total. The highest BCUT2D eigenvalue weighted by atomic mass is 32.4. The van der Waals surface area contributed by atoms with Crippen molar-refractivity contribution in [1.82, 2.24) is 20.4 Å². The number of anilines is 1. The molecule has 44 heavy (non-hydrogen) atoms. The number of nitrogens with one attached hydrogen (secondary N) is 3. The summed E-state index contributed by atoms with van der Waals surface area (Å²) in [5.41, 5.74) is 3.79. The average Bonchev–Trinajstić information content (AvgIpc) is 3.02. The molecule has 1 amide bonds. The standard InChI is InChI=1S/C29H33F4N6O3PS/c1-37(34-17-16-19-10-9-13-21(18-19)39(41)42)43(44,22-14-7-4-8-15-22)38(2)36-29(40)23-24(30)26(32)28(27(33)25(23)31)35-20-11-5-3-6-12-20/h4,7-10,13-15,18,20,34-35H,3,5-6,11-12,16-17H2,1-2H3,(H,36,40). The molecule has 15 heteroatoms. The van der Waals surface area contributed by atoms with Crippen LogP contribution in [0.4, 0.5) is 28.9 Å². The number of hydrogen-bond acceptors (Lipinski definition) is 6. The van der Waals surface area contributed by atoms with Crippen LogP contribution in [-0.2, 0) is 18.2 Å². The summed E-state index contributed by atoms with van der Waals surface area (Å²) in [6.45, 7) is 0.291. The van der Waals surface area contributed by atoms with Crippen LogP contribution in [0, 0.1) is 33.4 Å². The van der Waals surface area contributed by atoms with Crippen LogP contribution in [-0.4, -0.2) is 47.1 Å². The van der Waals surface area contributed by atoms with Crippen molar-refractivity contribution in [2.75, 3.05) is 26.0 Å². The molecule has 0 saturated heterocycles. The molecule has 1 unspecified atom stereocenters. The summed E-state index contributed by atoms with van der Waals surface area (Å²) in [7, 11) is 3.02. The zero-order valence-corrected chi connectivity index (χ0v) is 25.9. The lowest BCUT2D eigenvalue weighted by atomic mass is 9.95. The van der Waals surface area contributed by atoms with E-state index in [2.05, 4.69) is 16.2 Å². The Hall–Kier alpha value is -3.42. The topological polar surface area (TPSA) is 103 Å². The maximum Gasteiger partial charge on any atom is 0.272 e. The molecule has 0 bridgehead atoms. The molecule has 0 aromatic heterocycles. The molecule has 3 N–H and O–H groups in total. The number of amides is 1. The zero-order valence-electron chi connectivity index (χ0n) is 24.2. The second kappa shape index (κ2) is 14.6. The molecule has 1 aliphatic rings. The predicted molar refractivity (Wildman–Crippen MR) is 165 cm³/mol. The Balaban J connectivity index is 1.55. The molecule has 3 aromatic rings. The van der Waals surface area contributed by atoms with Gasteiger partial charge in [-0.15, -0.1) is 0 Å². The van der Waals surface area contributed by atoms with Gasteiger partial charge < -0.3 is 5.32 Å². The SMILES string of the molecule is CN(NCCc1cccc([N+](=O)[O-])c1)P(=S)(c1ccccc1)N(C)NC(=O)c1c(F)c(F)c(NC2CCCCC2)c(F)c1F. The summed E-state index contributed by atoms with van der Waals surface area (Å²) in [5.74, 6) is -8.40. The summed E-state index contributed by atoms with van der Waals surface area (Å²) in [4.78, 5) is 23.8. The number of carbonyl (C=O) groups excluding carboxylic acids is 1. The van der Waals surface area contributed by atoms with Gasteiger partial charge in [0.1, 0.15) is 17.6 Å². The largest absolute Gasteiger partial charge is 0.377 e. The monoisotopic (exact) mass is 652 g/mol. The van der Waals surface area contributed by atoms with Gasteiger partial charge in [0.25, 0.3) is 11.6 Å². The van der Waals surface area contributed by atoms with Crippen molar-refractivity contribution in [2.45, 2.75) is 44.6 Å². The Labute approximate surface area is 257 Å². The van der Waals surface area contributed by atoms with Crippen molar-refractivity contribution in [3.05, 3.63) is 99.1 Å². The van der Waals surface area contributed by atoms with E-state index in [1.165, 1.54) is 24.0 Å². The van der Waals surface area contributed by atoms with Crippen molar-refractivity contribution in [3.8, 4) is 0 Å². The number of rotatable bonds is 12. The van der Waals surface area contributed by atoms with Gasteiger partial charge in [0, 0.05) is 44.1 Å². The number of non-ortho nitro benzene ring substituents is 1. The van der Waals surface area contributed by atoms with Gasteiger partial charge in [-0.05, 0) is 24.8 Å². The summed E-state index contributed by atoms with van der Waals surface area (Å²) < 4.78 is 63.1. The number of benzene rings is 3. The van der Waals surface area contributed by atoms with E-state index >= 15 is 17.6 Å². The predicted octanol–water partition coefficient (Wildman–Crippen LogP) is 5.79. The molecule has 1 aliphatic carbocycles. The first kappa shape index (κ1) is 33.5. The second-order valence-corrected chi connectivity index (χ2v) is 14.8. The maximum atomic E-state index is 15.2. The van der Waals surface area contributed by atoms with Gasteiger partial charge >= 0.3 is 0 Å². The average molecular weight is 653 g/mol. The molecule has 3 aromatic carbocycles. The summed E-state index contributed by atoms with van der Waals surface area (Å²) >= 11 is 6.05. The number of halogens is 4. The van der Waals surface area contributed by atoms with Gasteiger partial charge in [-0.2, -0.15) is 9.56 Å². The zero-order chi connectivity index (χ0) is 32.0. The Bertz CT molecular complexity index is 1530. The van der Waals surface area contributed by atoms with Gasteiger partial charge in [0.2, 0.25) is 0 Å². The van der Waals surface area contributed by atoms with Gasteiger partial charge in [0.05, 0.1) is 4.92 Å². The number of hydrogen-bond donors (Lipinski definition) is 3. The number of nitro benzene ring substituents is 1. The molecule has 1 atom stereocenters. The van der Waals surface area contributed by atoms with Crippen LogP contribution in [0.25, 0.3) is 0 Å². The number of nitrogens with zero attached hydrogens (tertiary/aromatic N) is 3. The molecule has 0 radical (unpaired) electrons. The lowest BCUT2D eigenvalue weighted by Crippen LogP contribution is -2.47. The molecular formula is C29H33F4N6O3PS. The summed E-state index contributed by atoms with van der Waals surface area (Å²) in [5, 5.41) is 14.3. The van der Waals surface area contributed by atoms with Crippen molar-refractivity contribution < 1.29 is 27.3 Å². The number of carbonyl (C=O) groups is 1. The third kappa shape index (κ3) is 7.27. The Morgan fingerprint density at radius 1 is 0.955 bits per heavy atom. The van der Waals surface area contributed by atoms with Gasteiger partial charge in [-0.3, -0.25) is 20.3 Å². The highest BCUT2D eigenvalue weighted by Gasteiger charge is 2.35. The molecular weight excluding hydrogens is 619 g/mol. The fourth-order valence-corrected chi connectivity index (χ4v) is 7.97. The van der Waals surface area contributed by atoms with E-state index < -0.39 is 51.7 Å². The first-order chi connectivity index (χ1) is 20.9. The van der Waals surface area contributed by atoms with E-state index in [9.17, 15) is 14.9 Å². The van der Waals surface area contributed by atoms with Gasteiger partial charge in [0.15, 0.2) is 23.3 Å². The minimum atomic E-state index is -3.16. The summed E-state index contributed by atoms with van der Waals surface area (Å²) in [6, 6.07) is 14.5. The van der Waals surface area contributed by atoms with Gasteiger partial charge in [-0.1, -0.05) is 73.5 Å². The molecule has 0 spiro atoms. The molecule has 236 valence electrons. The van der Waals surface area contributed by atoms with Crippen LogP contribution in [0.15, 0.2) is 54.6 Å². The third-order valence-corrected chi connectivity index (χ3v) is 12.4. The van der Waals surface area contributed by atoms with Gasteiger partial charge in [-0.25, -0.2) is 23.0 Å². The van der Waals surface area contributed by atoms with Crippen LogP contribution < -0.4 is 21.5 Å². The Morgan fingerprint density at radius 3 is 2.20 bits per heavy atom. The summed E-state index contributed by atoms with van der Waals surface area (Å²) in [6.07, 6.45) is 1.06. The molecule has 1 fully saturated rings. The maximum absolute atomic E-state index is 15.2. The quantitative estimate of drug-likeness (QED) is 0.0744. The van der Waals surface area contributed by atoms with Crippen LogP contribution in [0.5, 0.6) is 0 Å². The Morgan fingerprint density at radius 2 is 1.59 bits per heavy atom. The normalized spacial score (nSPS) is 15.3. The van der Waals surface area contributed by atoms with E-state index in [1.54, 1.807) is 54.3 Å². The first-order valence-corrected chi connectivity index (χ1v) is 16.7. The highest BCUT2D eigenvalue weighted by molar-refractivity contribution is 8.15. The minimum Gasteiger partial charge on any atom is -0.377 e. The first-order valence-electron chi connectivity index (χ1n) is 14.0. The third-order valence-electron chi connectivity index (χ3n) is 7.49. The van der Waals surface area contributed by atoms with Crippen molar-refractivity contribution in [1.29, 1.82) is 0 Å². The van der Waals surface area contributed by atoms with E-state index in [1.807, 2.05) is 0 Å². The molecule has 0 aliphatic heterocycles. The molecule has 1 saturated carbocycles. The smallest absolute Gasteiger partial charge is 0.272 e. The van der Waals surface area contributed by atoms with E-state index in [-0.39, 0.29) is 11.7 Å². The fourth-order valence-electron chi connectivity index (χ4n) is 5.13. The highest BCUT2D eigenvalue weighted by Crippen LogP contribution is 2.48. The van der Waals surface area contributed by atoms with Crippen LogP contribution in [0.3, 0.4) is 0 Å².